The van der Waals surface area contributed by atoms with Crippen LogP contribution in [0.4, 0.5) is 0 Å². The molecule has 0 saturated heterocycles. The van der Waals surface area contributed by atoms with Crippen molar-refractivity contribution >= 4 is 10.2 Å². The fourth-order valence-electron chi connectivity index (χ4n) is 1.44. The third-order valence-electron chi connectivity index (χ3n) is 2.80. The van der Waals surface area contributed by atoms with Crippen LogP contribution in [0, 0.1) is 5.41 Å². The van der Waals surface area contributed by atoms with Crippen LogP contribution in [0.1, 0.15) is 12.8 Å². The van der Waals surface area contributed by atoms with Gasteiger partial charge in [-0.2, -0.15) is 17.0 Å². The van der Waals surface area contributed by atoms with Gasteiger partial charge in [0.05, 0.1) is 0 Å². The van der Waals surface area contributed by atoms with Crippen molar-refractivity contribution in [3.63, 3.8) is 0 Å². The Morgan fingerprint density at radius 2 is 1.79 bits per heavy atom. The summed E-state index contributed by atoms with van der Waals surface area (Å²) in [6.07, 6.45) is 2.08. The van der Waals surface area contributed by atoms with Crippen molar-refractivity contribution < 1.29 is 8.42 Å². The molecule has 0 unspecified atom stereocenters. The van der Waals surface area contributed by atoms with Gasteiger partial charge in [-0.3, -0.25) is 0 Å². The lowest BCUT2D eigenvalue weighted by molar-refractivity contribution is 0.349. The fourth-order valence-corrected chi connectivity index (χ4v) is 2.43. The summed E-state index contributed by atoms with van der Waals surface area (Å²) in [5, 5.41) is 0. The second-order valence-electron chi connectivity index (χ2n) is 4.25. The van der Waals surface area contributed by atoms with Crippen molar-refractivity contribution in [1.82, 2.24) is 8.61 Å². The minimum atomic E-state index is -3.27. The summed E-state index contributed by atoms with van der Waals surface area (Å²) in [7, 11) is 1.40. The Hall–Kier alpha value is -0.170. The molecule has 0 radical (unpaired) electrons. The summed E-state index contributed by atoms with van der Waals surface area (Å²) < 4.78 is 25.9. The van der Waals surface area contributed by atoms with E-state index in [1.807, 2.05) is 0 Å². The molecule has 0 aromatic carbocycles. The van der Waals surface area contributed by atoms with Gasteiger partial charge >= 0.3 is 0 Å². The topological polar surface area (TPSA) is 66.6 Å². The van der Waals surface area contributed by atoms with Crippen LogP contribution in [0.2, 0.25) is 0 Å². The summed E-state index contributed by atoms with van der Waals surface area (Å²) in [4.78, 5) is 0. The number of rotatable bonds is 5. The SMILES string of the molecule is CN(C)S(=O)(=O)N(C)CC1(CN)CC1. The molecule has 0 atom stereocenters. The highest BCUT2D eigenvalue weighted by Crippen LogP contribution is 2.45. The summed E-state index contributed by atoms with van der Waals surface area (Å²) in [6.45, 7) is 1.10. The van der Waals surface area contributed by atoms with Crippen LogP contribution in [0.25, 0.3) is 0 Å². The van der Waals surface area contributed by atoms with Crippen LogP contribution >= 0.6 is 0 Å². The lowest BCUT2D eigenvalue weighted by Crippen LogP contribution is -2.41. The highest BCUT2D eigenvalue weighted by atomic mass is 32.2. The third-order valence-corrected chi connectivity index (χ3v) is 4.64. The highest BCUT2D eigenvalue weighted by Gasteiger charge is 2.44. The Morgan fingerprint density at radius 3 is 2.07 bits per heavy atom. The zero-order chi connectivity index (χ0) is 11.0. The molecule has 6 heteroatoms. The Balaban J connectivity index is 2.63. The molecule has 0 bridgehead atoms. The molecule has 84 valence electrons. The molecule has 0 amide bonds. The van der Waals surface area contributed by atoms with Crippen molar-refractivity contribution in [1.29, 1.82) is 0 Å². The van der Waals surface area contributed by atoms with Crippen LogP contribution in [0.15, 0.2) is 0 Å². The van der Waals surface area contributed by atoms with E-state index in [9.17, 15) is 8.42 Å². The highest BCUT2D eigenvalue weighted by molar-refractivity contribution is 7.86. The maximum absolute atomic E-state index is 11.7. The monoisotopic (exact) mass is 221 g/mol. The standard InChI is InChI=1S/C8H19N3O2S/c1-10(2)14(12,13)11(3)7-8(6-9)4-5-8/h4-7,9H2,1-3H3. The first-order valence-electron chi connectivity index (χ1n) is 4.68. The predicted molar refractivity (Wildman–Crippen MR) is 56.0 cm³/mol. The van der Waals surface area contributed by atoms with E-state index in [4.69, 9.17) is 5.73 Å². The first-order chi connectivity index (χ1) is 6.34. The number of nitrogens with zero attached hydrogens (tertiary/aromatic N) is 2. The van der Waals surface area contributed by atoms with Gasteiger partial charge < -0.3 is 5.73 Å². The van der Waals surface area contributed by atoms with Crippen LogP contribution in [0.3, 0.4) is 0 Å². The average Bonchev–Trinajstić information content (AvgIpc) is 2.85. The predicted octanol–water partition coefficient (Wildman–Crippen LogP) is -0.536. The molecular weight excluding hydrogens is 202 g/mol. The average molecular weight is 221 g/mol. The molecule has 0 heterocycles. The lowest BCUT2D eigenvalue weighted by Gasteiger charge is -2.25. The molecule has 0 aromatic rings. The maximum Gasteiger partial charge on any atom is 0.281 e. The van der Waals surface area contributed by atoms with Crippen LogP contribution < -0.4 is 5.73 Å². The number of nitrogens with two attached hydrogens (primary N) is 1. The van der Waals surface area contributed by atoms with E-state index >= 15 is 0 Å². The zero-order valence-corrected chi connectivity index (χ0v) is 9.84. The largest absolute Gasteiger partial charge is 0.330 e. The second-order valence-corrected chi connectivity index (χ2v) is 6.50. The van der Waals surface area contributed by atoms with E-state index in [2.05, 4.69) is 0 Å². The summed E-state index contributed by atoms with van der Waals surface area (Å²) in [5.41, 5.74) is 5.65. The van der Waals surface area contributed by atoms with Crippen molar-refractivity contribution in [2.45, 2.75) is 12.8 Å². The van der Waals surface area contributed by atoms with Crippen molar-refractivity contribution in [2.24, 2.45) is 11.1 Å². The quantitative estimate of drug-likeness (QED) is 0.678. The first kappa shape index (κ1) is 11.9. The van der Waals surface area contributed by atoms with Gasteiger partial charge in [-0.15, -0.1) is 0 Å². The van der Waals surface area contributed by atoms with Gasteiger partial charge in [-0.25, -0.2) is 0 Å². The molecule has 0 aromatic heterocycles. The van der Waals surface area contributed by atoms with Gasteiger partial charge in [-0.1, -0.05) is 0 Å². The van der Waals surface area contributed by atoms with Crippen molar-refractivity contribution in [3.05, 3.63) is 0 Å². The van der Waals surface area contributed by atoms with E-state index < -0.39 is 10.2 Å². The summed E-state index contributed by atoms with van der Waals surface area (Å²) in [5.74, 6) is 0. The van der Waals surface area contributed by atoms with Gasteiger partial charge in [0.15, 0.2) is 0 Å². The molecule has 0 spiro atoms. The van der Waals surface area contributed by atoms with E-state index in [0.29, 0.717) is 13.1 Å². The molecule has 1 aliphatic rings. The Kier molecular flexibility index (Phi) is 3.20. The fraction of sp³-hybridized carbons (Fsp3) is 1.00. The molecule has 5 nitrogen and oxygen atoms in total. The van der Waals surface area contributed by atoms with E-state index in [0.717, 1.165) is 12.8 Å². The van der Waals surface area contributed by atoms with Gasteiger partial charge in [0.2, 0.25) is 0 Å². The molecule has 0 aliphatic heterocycles. The van der Waals surface area contributed by atoms with Crippen LogP contribution in [-0.2, 0) is 10.2 Å². The van der Waals surface area contributed by atoms with Crippen LogP contribution in [-0.4, -0.2) is 51.3 Å². The first-order valence-corrected chi connectivity index (χ1v) is 6.08. The zero-order valence-electron chi connectivity index (χ0n) is 9.02. The number of hydrogen-bond acceptors (Lipinski definition) is 3. The van der Waals surface area contributed by atoms with Gasteiger partial charge in [0, 0.05) is 27.7 Å². The normalized spacial score (nSPS) is 20.4. The Bertz CT molecular complexity index is 296. The maximum atomic E-state index is 11.7. The summed E-state index contributed by atoms with van der Waals surface area (Å²) in [6, 6.07) is 0. The third kappa shape index (κ3) is 2.25. The van der Waals surface area contributed by atoms with E-state index in [-0.39, 0.29) is 5.41 Å². The smallest absolute Gasteiger partial charge is 0.281 e. The van der Waals surface area contributed by atoms with Gasteiger partial charge in [0.1, 0.15) is 0 Å². The van der Waals surface area contributed by atoms with Gasteiger partial charge in [-0.05, 0) is 24.8 Å². The minimum absolute atomic E-state index is 0.0534. The molecular formula is C8H19N3O2S. The van der Waals surface area contributed by atoms with E-state index in [1.54, 1.807) is 7.05 Å². The van der Waals surface area contributed by atoms with Gasteiger partial charge in [0.25, 0.3) is 10.2 Å². The molecule has 1 saturated carbocycles. The summed E-state index contributed by atoms with van der Waals surface area (Å²) >= 11 is 0. The molecule has 1 aliphatic carbocycles. The second kappa shape index (κ2) is 3.77. The van der Waals surface area contributed by atoms with Crippen molar-refractivity contribution in [3.8, 4) is 0 Å². The van der Waals surface area contributed by atoms with Crippen LogP contribution in [0.5, 0.6) is 0 Å². The number of hydrogen-bond donors (Lipinski definition) is 1. The molecule has 1 fully saturated rings. The minimum Gasteiger partial charge on any atom is -0.330 e. The molecule has 2 N–H and O–H groups in total. The Labute approximate surface area is 86.0 Å². The lowest BCUT2D eigenvalue weighted by atomic mass is 10.1. The van der Waals surface area contributed by atoms with E-state index in [1.165, 1.54) is 22.7 Å². The Morgan fingerprint density at radius 1 is 1.29 bits per heavy atom. The molecule has 1 rings (SSSR count). The molecule has 14 heavy (non-hydrogen) atoms. The van der Waals surface area contributed by atoms with Crippen molar-refractivity contribution in [2.75, 3.05) is 34.2 Å².